The molecule has 0 spiro atoms. The van der Waals surface area contributed by atoms with Gasteiger partial charge in [-0.1, -0.05) is 42.5 Å². The van der Waals surface area contributed by atoms with E-state index >= 15 is 0 Å². The molecule has 2 amide bonds. The smallest absolute Gasteiger partial charge is 0.328 e. The third-order valence-corrected chi connectivity index (χ3v) is 5.99. The molecule has 0 bridgehead atoms. The molecule has 0 fully saturated rings. The lowest BCUT2D eigenvalue weighted by atomic mass is 10.1. The number of ether oxygens (including phenoxy) is 2. The van der Waals surface area contributed by atoms with Gasteiger partial charge in [0.1, 0.15) is 17.5 Å². The fourth-order valence-electron chi connectivity index (χ4n) is 3.37. The summed E-state index contributed by atoms with van der Waals surface area (Å²) < 4.78 is 10.6. The quantitative estimate of drug-likeness (QED) is 0.263. The second-order valence-electron chi connectivity index (χ2n) is 8.07. The number of thioether (sulfide) groups is 1. The van der Waals surface area contributed by atoms with Crippen molar-refractivity contribution in [2.45, 2.75) is 19.0 Å². The van der Waals surface area contributed by atoms with Gasteiger partial charge in [0.25, 0.3) is 5.91 Å². The molecular weight excluding hydrogens is 488 g/mol. The van der Waals surface area contributed by atoms with Crippen LogP contribution in [0.5, 0.6) is 11.5 Å². The van der Waals surface area contributed by atoms with Gasteiger partial charge in [-0.3, -0.25) is 9.59 Å². The molecule has 0 saturated carbocycles. The average Bonchev–Trinajstić information content (AvgIpc) is 2.93. The summed E-state index contributed by atoms with van der Waals surface area (Å²) in [6.07, 6.45) is 5.60. The Balaban J connectivity index is 1.50. The number of para-hydroxylation sites is 1. The Kier molecular flexibility index (Phi) is 10.8. The SMILES string of the molecule is COC(=O)[C@H](CCSC)NC(=O)c1ccc(CNC(=O)C=Cc2cccc(Oc3ccccc3)c2)cc1. The molecule has 2 N–H and O–H groups in total. The molecule has 3 aromatic rings. The summed E-state index contributed by atoms with van der Waals surface area (Å²) in [5.41, 5.74) is 2.09. The molecule has 0 aliphatic rings. The maximum Gasteiger partial charge on any atom is 0.328 e. The fourth-order valence-corrected chi connectivity index (χ4v) is 3.84. The Morgan fingerprint density at radius 1 is 0.946 bits per heavy atom. The van der Waals surface area contributed by atoms with E-state index in [0.717, 1.165) is 22.6 Å². The van der Waals surface area contributed by atoms with Crippen molar-refractivity contribution in [2.24, 2.45) is 0 Å². The molecule has 0 aliphatic carbocycles. The summed E-state index contributed by atoms with van der Waals surface area (Å²) in [5, 5.41) is 5.55. The summed E-state index contributed by atoms with van der Waals surface area (Å²) >= 11 is 1.59. The predicted octanol–water partition coefficient (Wildman–Crippen LogP) is 4.83. The van der Waals surface area contributed by atoms with Gasteiger partial charge in [0.15, 0.2) is 0 Å². The summed E-state index contributed by atoms with van der Waals surface area (Å²) in [4.78, 5) is 36.8. The van der Waals surface area contributed by atoms with Gasteiger partial charge in [0.05, 0.1) is 7.11 Å². The third-order valence-electron chi connectivity index (χ3n) is 5.35. The van der Waals surface area contributed by atoms with Gasteiger partial charge in [0.2, 0.25) is 5.91 Å². The fraction of sp³-hybridized carbons (Fsp3) is 0.207. The highest BCUT2D eigenvalue weighted by molar-refractivity contribution is 7.98. The molecule has 3 rings (SSSR count). The number of rotatable bonds is 12. The first-order valence-electron chi connectivity index (χ1n) is 11.7. The van der Waals surface area contributed by atoms with Crippen molar-refractivity contribution in [1.82, 2.24) is 10.6 Å². The number of esters is 1. The lowest BCUT2D eigenvalue weighted by Crippen LogP contribution is -2.41. The van der Waals surface area contributed by atoms with Gasteiger partial charge in [0, 0.05) is 18.2 Å². The molecule has 8 heteroatoms. The van der Waals surface area contributed by atoms with Crippen LogP contribution in [-0.2, 0) is 20.9 Å². The van der Waals surface area contributed by atoms with Crippen LogP contribution in [0.25, 0.3) is 6.08 Å². The van der Waals surface area contributed by atoms with Crippen LogP contribution in [0.3, 0.4) is 0 Å². The molecule has 37 heavy (non-hydrogen) atoms. The van der Waals surface area contributed by atoms with Crippen LogP contribution in [0.2, 0.25) is 0 Å². The number of carbonyl (C=O) groups is 3. The standard InChI is InChI=1S/C29H30N2O5S/c1-35-29(34)26(17-18-37-2)31-28(33)23-14-11-22(12-15-23)20-30-27(32)16-13-21-7-6-10-25(19-21)36-24-8-4-3-5-9-24/h3-16,19,26H,17-18,20H2,1-2H3,(H,30,32)(H,31,33)/t26-/m0/s1. The van der Waals surface area contributed by atoms with Gasteiger partial charge in [-0.2, -0.15) is 11.8 Å². The summed E-state index contributed by atoms with van der Waals surface area (Å²) in [7, 11) is 1.30. The Morgan fingerprint density at radius 3 is 2.38 bits per heavy atom. The molecular formula is C29H30N2O5S. The molecule has 0 saturated heterocycles. The minimum absolute atomic E-state index is 0.245. The van der Waals surface area contributed by atoms with Crippen molar-refractivity contribution in [3.63, 3.8) is 0 Å². The maximum atomic E-state index is 12.5. The number of benzene rings is 3. The van der Waals surface area contributed by atoms with Crippen molar-refractivity contribution in [3.8, 4) is 11.5 Å². The van der Waals surface area contributed by atoms with Crippen molar-refractivity contribution in [2.75, 3.05) is 19.1 Å². The minimum atomic E-state index is -0.693. The van der Waals surface area contributed by atoms with E-state index in [4.69, 9.17) is 9.47 Å². The van der Waals surface area contributed by atoms with Crippen molar-refractivity contribution >= 4 is 35.6 Å². The van der Waals surface area contributed by atoms with E-state index in [1.165, 1.54) is 13.2 Å². The number of amides is 2. The molecule has 0 aliphatic heterocycles. The zero-order chi connectivity index (χ0) is 26.5. The van der Waals surface area contributed by atoms with Crippen molar-refractivity contribution in [3.05, 3.63) is 102 Å². The number of carbonyl (C=O) groups excluding carboxylic acids is 3. The van der Waals surface area contributed by atoms with E-state index in [0.29, 0.717) is 24.3 Å². The second-order valence-corrected chi connectivity index (χ2v) is 9.05. The van der Waals surface area contributed by atoms with E-state index in [9.17, 15) is 14.4 Å². The van der Waals surface area contributed by atoms with E-state index < -0.39 is 12.0 Å². The lowest BCUT2D eigenvalue weighted by molar-refractivity contribution is -0.142. The van der Waals surface area contributed by atoms with E-state index in [-0.39, 0.29) is 11.8 Å². The highest BCUT2D eigenvalue weighted by Crippen LogP contribution is 2.22. The molecule has 0 heterocycles. The maximum absolute atomic E-state index is 12.5. The van der Waals surface area contributed by atoms with Crippen LogP contribution in [0.15, 0.2) is 84.9 Å². The minimum Gasteiger partial charge on any atom is -0.467 e. The Bertz CT molecular complexity index is 1210. The largest absolute Gasteiger partial charge is 0.467 e. The van der Waals surface area contributed by atoms with Gasteiger partial charge in [-0.15, -0.1) is 0 Å². The van der Waals surface area contributed by atoms with Crippen molar-refractivity contribution < 1.29 is 23.9 Å². The van der Waals surface area contributed by atoms with Crippen LogP contribution in [0, 0.1) is 0 Å². The first-order chi connectivity index (χ1) is 18.0. The van der Waals surface area contributed by atoms with Crippen LogP contribution in [-0.4, -0.2) is 42.9 Å². The summed E-state index contributed by atoms with van der Waals surface area (Å²) in [6.45, 7) is 0.306. The van der Waals surface area contributed by atoms with E-state index in [2.05, 4.69) is 10.6 Å². The van der Waals surface area contributed by atoms with E-state index in [1.54, 1.807) is 42.1 Å². The number of nitrogens with one attached hydrogen (secondary N) is 2. The number of hydrogen-bond donors (Lipinski definition) is 2. The molecule has 0 radical (unpaired) electrons. The Hall–Kier alpha value is -4.04. The zero-order valence-corrected chi connectivity index (χ0v) is 21.6. The summed E-state index contributed by atoms with van der Waals surface area (Å²) in [6, 6.07) is 23.1. The van der Waals surface area contributed by atoms with Gasteiger partial charge in [-0.05, 0) is 72.0 Å². The topological polar surface area (TPSA) is 93.7 Å². The first-order valence-corrected chi connectivity index (χ1v) is 13.1. The third kappa shape index (κ3) is 9.16. The highest BCUT2D eigenvalue weighted by atomic mass is 32.2. The Labute approximate surface area is 221 Å². The number of methoxy groups -OCH3 is 1. The average molecular weight is 519 g/mol. The molecule has 7 nitrogen and oxygen atoms in total. The second kappa shape index (κ2) is 14.5. The van der Waals surface area contributed by atoms with Crippen LogP contribution < -0.4 is 15.4 Å². The van der Waals surface area contributed by atoms with Gasteiger partial charge >= 0.3 is 5.97 Å². The van der Waals surface area contributed by atoms with Gasteiger partial charge < -0.3 is 20.1 Å². The Morgan fingerprint density at radius 2 is 1.68 bits per heavy atom. The molecule has 1 atom stereocenters. The predicted molar refractivity (Wildman–Crippen MR) is 147 cm³/mol. The lowest BCUT2D eigenvalue weighted by Gasteiger charge is -2.16. The molecule has 0 unspecified atom stereocenters. The summed E-state index contributed by atoms with van der Waals surface area (Å²) in [5.74, 6) is 1.08. The van der Waals surface area contributed by atoms with Crippen molar-refractivity contribution in [1.29, 1.82) is 0 Å². The number of hydrogen-bond acceptors (Lipinski definition) is 6. The molecule has 3 aromatic carbocycles. The highest BCUT2D eigenvalue weighted by Gasteiger charge is 2.21. The molecule has 192 valence electrons. The zero-order valence-electron chi connectivity index (χ0n) is 20.8. The van der Waals surface area contributed by atoms with Crippen LogP contribution in [0.4, 0.5) is 0 Å². The normalized spacial score (nSPS) is 11.5. The van der Waals surface area contributed by atoms with Crippen LogP contribution in [0.1, 0.15) is 27.9 Å². The first kappa shape index (κ1) is 27.5. The molecule has 0 aromatic heterocycles. The van der Waals surface area contributed by atoms with E-state index in [1.807, 2.05) is 60.9 Å². The van der Waals surface area contributed by atoms with Gasteiger partial charge in [-0.25, -0.2) is 4.79 Å². The van der Waals surface area contributed by atoms with Crippen LogP contribution >= 0.6 is 11.8 Å². The monoisotopic (exact) mass is 518 g/mol.